The van der Waals surface area contributed by atoms with E-state index in [1.165, 1.54) is 31.3 Å². The van der Waals surface area contributed by atoms with Crippen LogP contribution in [0.2, 0.25) is 5.02 Å². The monoisotopic (exact) mass is 311 g/mol. The fourth-order valence-corrected chi connectivity index (χ4v) is 1.74. The lowest BCUT2D eigenvalue weighted by atomic mass is 10.3. The average molecular weight is 312 g/mol. The zero-order valence-electron chi connectivity index (χ0n) is 10.9. The fourth-order valence-electron chi connectivity index (χ4n) is 1.56. The van der Waals surface area contributed by atoms with E-state index in [1.807, 2.05) is 0 Å². The van der Waals surface area contributed by atoms with E-state index in [1.54, 1.807) is 0 Å². The second-order valence-electron chi connectivity index (χ2n) is 4.28. The van der Waals surface area contributed by atoms with Crippen molar-refractivity contribution in [3.63, 3.8) is 0 Å². The number of nitrogens with zero attached hydrogens (tertiary/aromatic N) is 2. The lowest BCUT2D eigenvalue weighted by Gasteiger charge is -2.06. The van der Waals surface area contributed by atoms with Gasteiger partial charge in [0.25, 0.3) is 5.91 Å². The molecule has 1 heterocycles. The van der Waals surface area contributed by atoms with E-state index >= 15 is 0 Å². The first-order valence-electron chi connectivity index (χ1n) is 5.93. The van der Waals surface area contributed by atoms with Gasteiger partial charge in [0.2, 0.25) is 0 Å². The lowest BCUT2D eigenvalue weighted by Crippen LogP contribution is -2.18. The van der Waals surface area contributed by atoms with Gasteiger partial charge in [-0.15, -0.1) is 0 Å². The Labute approximate surface area is 124 Å². The minimum Gasteiger partial charge on any atom is -0.480 e. The molecule has 6 nitrogen and oxygen atoms in total. The number of halogens is 2. The van der Waals surface area contributed by atoms with Gasteiger partial charge in [0, 0.05) is 11.9 Å². The van der Waals surface area contributed by atoms with Crippen molar-refractivity contribution in [3.8, 4) is 0 Å². The maximum Gasteiger partial charge on any atom is 0.328 e. The maximum absolute atomic E-state index is 13.0. The van der Waals surface area contributed by atoms with Gasteiger partial charge in [-0.1, -0.05) is 11.6 Å². The van der Waals surface area contributed by atoms with E-state index in [0.29, 0.717) is 5.69 Å². The minimum atomic E-state index is -1.06. The Bertz CT molecular complexity index is 702. The van der Waals surface area contributed by atoms with Crippen LogP contribution in [-0.4, -0.2) is 26.8 Å². The molecule has 1 amide bonds. The molecule has 1 aromatic carbocycles. The van der Waals surface area contributed by atoms with Crippen LogP contribution >= 0.6 is 11.6 Å². The van der Waals surface area contributed by atoms with Crippen molar-refractivity contribution in [1.29, 1.82) is 0 Å². The van der Waals surface area contributed by atoms with Crippen LogP contribution in [0.5, 0.6) is 0 Å². The molecule has 1 aromatic heterocycles. The molecule has 0 saturated carbocycles. The molecule has 21 heavy (non-hydrogen) atoms. The van der Waals surface area contributed by atoms with Gasteiger partial charge in [0.05, 0.1) is 5.02 Å². The van der Waals surface area contributed by atoms with Crippen molar-refractivity contribution in [1.82, 2.24) is 9.78 Å². The van der Waals surface area contributed by atoms with Crippen LogP contribution < -0.4 is 5.32 Å². The molecule has 0 fully saturated rings. The number of anilines is 1. The van der Waals surface area contributed by atoms with Gasteiger partial charge < -0.3 is 10.4 Å². The molecule has 0 saturated heterocycles. The molecule has 0 aliphatic heterocycles. The number of carboxylic acid groups (broad SMARTS) is 1. The van der Waals surface area contributed by atoms with Gasteiger partial charge in [-0.25, -0.2) is 9.18 Å². The third-order valence-corrected chi connectivity index (χ3v) is 3.06. The first kappa shape index (κ1) is 15.0. The molecule has 1 atom stereocenters. The van der Waals surface area contributed by atoms with Crippen LogP contribution in [0.1, 0.15) is 23.5 Å². The van der Waals surface area contributed by atoms with Crippen molar-refractivity contribution < 1.29 is 19.1 Å². The molecule has 2 N–H and O–H groups in total. The Balaban J connectivity index is 2.13. The number of rotatable bonds is 4. The third kappa shape index (κ3) is 3.38. The average Bonchev–Trinajstić information content (AvgIpc) is 2.91. The predicted octanol–water partition coefficient (Wildman–Crippen LogP) is 2.57. The summed E-state index contributed by atoms with van der Waals surface area (Å²) in [5, 5.41) is 15.1. The predicted molar refractivity (Wildman–Crippen MR) is 73.9 cm³/mol. The van der Waals surface area contributed by atoms with E-state index < -0.39 is 23.7 Å². The second kappa shape index (κ2) is 5.92. The Morgan fingerprint density at radius 1 is 1.43 bits per heavy atom. The SMILES string of the molecule is CC(C(=O)O)n1ccc(C(=O)Nc2ccc(F)c(Cl)c2)n1. The molecule has 110 valence electrons. The molecule has 2 aromatic rings. The van der Waals surface area contributed by atoms with E-state index in [2.05, 4.69) is 10.4 Å². The normalized spacial score (nSPS) is 12.0. The molecule has 0 aliphatic carbocycles. The molecule has 0 bridgehead atoms. The smallest absolute Gasteiger partial charge is 0.328 e. The number of carboxylic acids is 1. The Hall–Kier alpha value is -2.41. The van der Waals surface area contributed by atoms with Crippen molar-refractivity contribution >= 4 is 29.2 Å². The number of aliphatic carboxylic acids is 1. The summed E-state index contributed by atoms with van der Waals surface area (Å²) in [6.07, 6.45) is 1.39. The number of aromatic nitrogens is 2. The Morgan fingerprint density at radius 3 is 2.76 bits per heavy atom. The summed E-state index contributed by atoms with van der Waals surface area (Å²) in [5.74, 6) is -2.20. The van der Waals surface area contributed by atoms with Crippen LogP contribution in [0.3, 0.4) is 0 Å². The number of benzene rings is 1. The number of amides is 1. The molecule has 0 spiro atoms. The standard InChI is InChI=1S/C13H11ClFN3O3/c1-7(13(20)21)18-5-4-11(17-18)12(19)16-8-2-3-10(15)9(14)6-8/h2-7H,1H3,(H,16,19)(H,20,21). The molecule has 8 heteroatoms. The van der Waals surface area contributed by atoms with Crippen molar-refractivity contribution in [2.45, 2.75) is 13.0 Å². The van der Waals surface area contributed by atoms with E-state index in [-0.39, 0.29) is 10.7 Å². The summed E-state index contributed by atoms with van der Waals surface area (Å²) in [5.41, 5.74) is 0.357. The summed E-state index contributed by atoms with van der Waals surface area (Å²) in [6.45, 7) is 1.44. The lowest BCUT2D eigenvalue weighted by molar-refractivity contribution is -0.140. The minimum absolute atomic E-state index is 0.0450. The van der Waals surface area contributed by atoms with E-state index in [4.69, 9.17) is 16.7 Å². The Kier molecular flexibility index (Phi) is 4.23. The van der Waals surface area contributed by atoms with Gasteiger partial charge in [-0.05, 0) is 31.2 Å². The molecular formula is C13H11ClFN3O3. The Morgan fingerprint density at radius 2 is 2.14 bits per heavy atom. The first-order valence-corrected chi connectivity index (χ1v) is 6.30. The number of nitrogens with one attached hydrogen (secondary N) is 1. The van der Waals surface area contributed by atoms with Crippen molar-refractivity contribution in [3.05, 3.63) is 47.0 Å². The molecular weight excluding hydrogens is 301 g/mol. The molecule has 1 unspecified atom stereocenters. The van der Waals surface area contributed by atoms with Crippen molar-refractivity contribution in [2.75, 3.05) is 5.32 Å². The van der Waals surface area contributed by atoms with E-state index in [9.17, 15) is 14.0 Å². The van der Waals surface area contributed by atoms with Crippen LogP contribution in [0.25, 0.3) is 0 Å². The highest BCUT2D eigenvalue weighted by atomic mass is 35.5. The largest absolute Gasteiger partial charge is 0.480 e. The summed E-state index contributed by atoms with van der Waals surface area (Å²) in [6, 6.07) is 4.26. The summed E-state index contributed by atoms with van der Waals surface area (Å²) in [7, 11) is 0. The summed E-state index contributed by atoms with van der Waals surface area (Å²) >= 11 is 5.61. The number of carbonyl (C=O) groups excluding carboxylic acids is 1. The second-order valence-corrected chi connectivity index (χ2v) is 4.69. The number of hydrogen-bond acceptors (Lipinski definition) is 3. The topological polar surface area (TPSA) is 84.2 Å². The van der Waals surface area contributed by atoms with E-state index in [0.717, 1.165) is 10.7 Å². The quantitative estimate of drug-likeness (QED) is 0.909. The van der Waals surface area contributed by atoms with Crippen LogP contribution in [0.4, 0.5) is 10.1 Å². The summed E-state index contributed by atoms with van der Waals surface area (Å²) < 4.78 is 14.2. The highest BCUT2D eigenvalue weighted by Gasteiger charge is 2.17. The summed E-state index contributed by atoms with van der Waals surface area (Å²) in [4.78, 5) is 22.8. The van der Waals surface area contributed by atoms with Crippen LogP contribution in [0, 0.1) is 5.82 Å². The fraction of sp³-hybridized carbons (Fsp3) is 0.154. The van der Waals surface area contributed by atoms with Gasteiger partial charge in [-0.2, -0.15) is 5.10 Å². The highest BCUT2D eigenvalue weighted by molar-refractivity contribution is 6.31. The van der Waals surface area contributed by atoms with Crippen LogP contribution in [0.15, 0.2) is 30.5 Å². The van der Waals surface area contributed by atoms with Crippen LogP contribution in [-0.2, 0) is 4.79 Å². The van der Waals surface area contributed by atoms with Gasteiger partial charge in [0.1, 0.15) is 11.9 Å². The molecule has 0 aliphatic rings. The van der Waals surface area contributed by atoms with Crippen molar-refractivity contribution in [2.24, 2.45) is 0 Å². The van der Waals surface area contributed by atoms with Gasteiger partial charge in [0.15, 0.2) is 5.69 Å². The zero-order valence-corrected chi connectivity index (χ0v) is 11.6. The molecule has 2 rings (SSSR count). The number of carbonyl (C=O) groups is 2. The van der Waals surface area contributed by atoms with Gasteiger partial charge >= 0.3 is 5.97 Å². The first-order chi connectivity index (χ1) is 9.88. The zero-order chi connectivity index (χ0) is 15.6. The highest BCUT2D eigenvalue weighted by Crippen LogP contribution is 2.19. The number of hydrogen-bond donors (Lipinski definition) is 2. The maximum atomic E-state index is 13.0. The third-order valence-electron chi connectivity index (χ3n) is 2.77. The van der Waals surface area contributed by atoms with Gasteiger partial charge in [-0.3, -0.25) is 9.48 Å². The molecule has 0 radical (unpaired) electrons.